The van der Waals surface area contributed by atoms with E-state index >= 15 is 0 Å². The summed E-state index contributed by atoms with van der Waals surface area (Å²) in [5, 5.41) is 9.62. The van der Waals surface area contributed by atoms with Crippen LogP contribution in [0.25, 0.3) is 11.3 Å². The Labute approximate surface area is 108 Å². The van der Waals surface area contributed by atoms with E-state index in [9.17, 15) is 4.39 Å². The summed E-state index contributed by atoms with van der Waals surface area (Å²) in [7, 11) is 0. The SMILES string of the molecule is OCc1ccc(F)c(-c2c(Cl)cccc2Cl)n1. The molecule has 1 heterocycles. The number of nitrogens with zero attached hydrogens (tertiary/aromatic N) is 1. The van der Waals surface area contributed by atoms with E-state index in [-0.39, 0.29) is 12.3 Å². The van der Waals surface area contributed by atoms with Crippen molar-refractivity contribution >= 4 is 23.2 Å². The van der Waals surface area contributed by atoms with E-state index in [4.69, 9.17) is 28.3 Å². The zero-order valence-corrected chi connectivity index (χ0v) is 10.1. The standard InChI is InChI=1S/C12H8Cl2FNO/c13-8-2-1-3-9(14)11(8)12-10(15)5-4-7(6-17)16-12/h1-5,17H,6H2. The number of aromatic nitrogens is 1. The van der Waals surface area contributed by atoms with Crippen molar-refractivity contribution in [2.75, 3.05) is 0 Å². The highest BCUT2D eigenvalue weighted by atomic mass is 35.5. The van der Waals surface area contributed by atoms with Gasteiger partial charge in [-0.25, -0.2) is 9.37 Å². The molecule has 1 aromatic carbocycles. The van der Waals surface area contributed by atoms with Gasteiger partial charge in [-0.05, 0) is 24.3 Å². The van der Waals surface area contributed by atoms with Crippen LogP contribution < -0.4 is 0 Å². The molecule has 0 radical (unpaired) electrons. The van der Waals surface area contributed by atoms with Gasteiger partial charge in [-0.2, -0.15) is 0 Å². The lowest BCUT2D eigenvalue weighted by molar-refractivity contribution is 0.276. The molecule has 2 nitrogen and oxygen atoms in total. The average Bonchev–Trinajstić information content (AvgIpc) is 2.31. The molecule has 0 aliphatic heterocycles. The van der Waals surface area contributed by atoms with Gasteiger partial charge in [0.05, 0.1) is 22.3 Å². The first-order chi connectivity index (χ1) is 8.13. The highest BCUT2D eigenvalue weighted by Crippen LogP contribution is 2.34. The molecule has 88 valence electrons. The lowest BCUT2D eigenvalue weighted by Crippen LogP contribution is -1.96. The fourth-order valence-electron chi connectivity index (χ4n) is 1.47. The number of hydrogen-bond acceptors (Lipinski definition) is 2. The van der Waals surface area contributed by atoms with E-state index in [1.807, 2.05) is 0 Å². The van der Waals surface area contributed by atoms with Crippen LogP contribution in [0.3, 0.4) is 0 Å². The third-order valence-corrected chi connectivity index (χ3v) is 2.90. The molecule has 17 heavy (non-hydrogen) atoms. The van der Waals surface area contributed by atoms with Crippen molar-refractivity contribution in [3.63, 3.8) is 0 Å². The molecule has 0 amide bonds. The van der Waals surface area contributed by atoms with Crippen LogP contribution in [0.4, 0.5) is 4.39 Å². The number of hydrogen-bond donors (Lipinski definition) is 1. The maximum atomic E-state index is 13.7. The first-order valence-electron chi connectivity index (χ1n) is 4.84. The van der Waals surface area contributed by atoms with Gasteiger partial charge in [0.1, 0.15) is 11.5 Å². The van der Waals surface area contributed by atoms with Gasteiger partial charge in [-0.15, -0.1) is 0 Å². The van der Waals surface area contributed by atoms with Gasteiger partial charge in [0.25, 0.3) is 0 Å². The summed E-state index contributed by atoms with van der Waals surface area (Å²) in [6.07, 6.45) is 0. The molecule has 0 bridgehead atoms. The Balaban J connectivity index is 2.67. The normalized spacial score (nSPS) is 10.6. The minimum Gasteiger partial charge on any atom is -0.390 e. The van der Waals surface area contributed by atoms with Crippen molar-refractivity contribution in [1.82, 2.24) is 4.98 Å². The molecule has 2 aromatic rings. The highest BCUT2D eigenvalue weighted by molar-refractivity contribution is 6.39. The number of benzene rings is 1. The van der Waals surface area contributed by atoms with Crippen LogP contribution in [0, 0.1) is 5.82 Å². The van der Waals surface area contributed by atoms with E-state index in [1.165, 1.54) is 12.1 Å². The van der Waals surface area contributed by atoms with Crippen LogP contribution in [0.2, 0.25) is 10.0 Å². The van der Waals surface area contributed by atoms with Crippen LogP contribution in [-0.4, -0.2) is 10.1 Å². The second kappa shape index (κ2) is 5.00. The maximum Gasteiger partial charge on any atom is 0.149 e. The summed E-state index contributed by atoms with van der Waals surface area (Å²) in [5.74, 6) is -0.530. The van der Waals surface area contributed by atoms with Gasteiger partial charge >= 0.3 is 0 Å². The Morgan fingerprint density at radius 2 is 1.76 bits per heavy atom. The minimum atomic E-state index is -0.530. The van der Waals surface area contributed by atoms with Gasteiger partial charge in [-0.1, -0.05) is 29.3 Å². The number of rotatable bonds is 2. The van der Waals surface area contributed by atoms with Crippen molar-refractivity contribution in [1.29, 1.82) is 0 Å². The smallest absolute Gasteiger partial charge is 0.149 e. The molecule has 1 aromatic heterocycles. The van der Waals surface area contributed by atoms with Gasteiger partial charge in [0.15, 0.2) is 0 Å². The Morgan fingerprint density at radius 1 is 1.12 bits per heavy atom. The lowest BCUT2D eigenvalue weighted by Gasteiger charge is -2.08. The molecule has 0 aliphatic rings. The molecule has 0 spiro atoms. The lowest BCUT2D eigenvalue weighted by atomic mass is 10.1. The number of aliphatic hydroxyl groups is 1. The fourth-order valence-corrected chi connectivity index (χ4v) is 2.05. The molecule has 0 atom stereocenters. The van der Waals surface area contributed by atoms with E-state index in [1.54, 1.807) is 18.2 Å². The Hall–Kier alpha value is -1.16. The van der Waals surface area contributed by atoms with E-state index in [0.717, 1.165) is 0 Å². The molecule has 2 rings (SSSR count). The summed E-state index contributed by atoms with van der Waals surface area (Å²) in [6, 6.07) is 7.52. The van der Waals surface area contributed by atoms with Crippen LogP contribution >= 0.6 is 23.2 Å². The van der Waals surface area contributed by atoms with Crippen molar-refractivity contribution < 1.29 is 9.50 Å². The molecule has 0 saturated carbocycles. The Bertz CT molecular complexity index is 540. The summed E-state index contributed by atoms with van der Waals surface area (Å²) in [6.45, 7) is -0.269. The van der Waals surface area contributed by atoms with Gasteiger partial charge in [-0.3, -0.25) is 0 Å². The Morgan fingerprint density at radius 3 is 2.35 bits per heavy atom. The number of pyridine rings is 1. The van der Waals surface area contributed by atoms with Crippen LogP contribution in [0.1, 0.15) is 5.69 Å². The molecule has 0 aliphatic carbocycles. The summed E-state index contributed by atoms with van der Waals surface area (Å²) in [5.41, 5.74) is 0.744. The first-order valence-corrected chi connectivity index (χ1v) is 5.59. The topological polar surface area (TPSA) is 33.1 Å². The first kappa shape index (κ1) is 12.3. The average molecular weight is 272 g/mol. The van der Waals surface area contributed by atoms with Crippen molar-refractivity contribution in [2.45, 2.75) is 6.61 Å². The number of halogens is 3. The number of aliphatic hydroxyl groups excluding tert-OH is 1. The molecule has 0 unspecified atom stereocenters. The third kappa shape index (κ3) is 2.41. The monoisotopic (exact) mass is 271 g/mol. The predicted octanol–water partition coefficient (Wildman–Crippen LogP) is 3.69. The molecule has 5 heteroatoms. The zero-order chi connectivity index (χ0) is 12.4. The second-order valence-corrected chi connectivity index (χ2v) is 4.20. The van der Waals surface area contributed by atoms with Crippen molar-refractivity contribution in [2.24, 2.45) is 0 Å². The van der Waals surface area contributed by atoms with Crippen LogP contribution in [-0.2, 0) is 6.61 Å². The largest absolute Gasteiger partial charge is 0.390 e. The molecular formula is C12H8Cl2FNO. The summed E-state index contributed by atoms with van der Waals surface area (Å²) >= 11 is 12.0. The van der Waals surface area contributed by atoms with Gasteiger partial charge in [0, 0.05) is 5.56 Å². The van der Waals surface area contributed by atoms with E-state index in [2.05, 4.69) is 4.98 Å². The van der Waals surface area contributed by atoms with Crippen molar-refractivity contribution in [3.05, 3.63) is 51.9 Å². The zero-order valence-electron chi connectivity index (χ0n) is 8.62. The van der Waals surface area contributed by atoms with E-state index < -0.39 is 5.82 Å². The Kier molecular flexibility index (Phi) is 3.62. The van der Waals surface area contributed by atoms with Crippen LogP contribution in [0.15, 0.2) is 30.3 Å². The van der Waals surface area contributed by atoms with Gasteiger partial charge in [0.2, 0.25) is 0 Å². The summed E-state index contributed by atoms with van der Waals surface area (Å²) < 4.78 is 13.7. The highest BCUT2D eigenvalue weighted by Gasteiger charge is 2.14. The second-order valence-electron chi connectivity index (χ2n) is 3.39. The molecule has 0 fully saturated rings. The molecule has 1 N–H and O–H groups in total. The van der Waals surface area contributed by atoms with E-state index in [0.29, 0.717) is 21.3 Å². The van der Waals surface area contributed by atoms with Gasteiger partial charge < -0.3 is 5.11 Å². The van der Waals surface area contributed by atoms with Crippen LogP contribution in [0.5, 0.6) is 0 Å². The third-order valence-electron chi connectivity index (χ3n) is 2.27. The quantitative estimate of drug-likeness (QED) is 0.904. The minimum absolute atomic E-state index is 0.0483. The summed E-state index contributed by atoms with van der Waals surface area (Å²) in [4.78, 5) is 3.99. The molecule has 0 saturated heterocycles. The van der Waals surface area contributed by atoms with Crippen molar-refractivity contribution in [3.8, 4) is 11.3 Å². The predicted molar refractivity (Wildman–Crippen MR) is 65.6 cm³/mol. The fraction of sp³-hybridized carbons (Fsp3) is 0.0833. The molecular weight excluding hydrogens is 264 g/mol. The maximum absolute atomic E-state index is 13.7.